The maximum atomic E-state index is 13.1. The highest BCUT2D eigenvalue weighted by Crippen LogP contribution is 2.33. The topological polar surface area (TPSA) is 82.8 Å². The van der Waals surface area contributed by atoms with Gasteiger partial charge in [-0.05, 0) is 49.6 Å². The van der Waals surface area contributed by atoms with Crippen molar-refractivity contribution in [3.8, 4) is 0 Å². The van der Waals surface area contributed by atoms with E-state index in [-0.39, 0.29) is 16.5 Å². The molecular weight excluding hydrogens is 506 g/mol. The third-order valence-corrected chi connectivity index (χ3v) is 7.86. The van der Waals surface area contributed by atoms with Gasteiger partial charge in [0.15, 0.2) is 5.13 Å². The second kappa shape index (κ2) is 9.26. The molecule has 0 saturated carbocycles. The van der Waals surface area contributed by atoms with Crippen LogP contribution in [0.15, 0.2) is 40.9 Å². The summed E-state index contributed by atoms with van der Waals surface area (Å²) in [6.07, 6.45) is 3.23. The molecule has 2 aliphatic heterocycles. The van der Waals surface area contributed by atoms with E-state index >= 15 is 0 Å². The van der Waals surface area contributed by atoms with Crippen molar-refractivity contribution in [1.29, 1.82) is 0 Å². The second-order valence-electron chi connectivity index (χ2n) is 8.40. The monoisotopic (exact) mass is 529 g/mol. The van der Waals surface area contributed by atoms with Crippen molar-refractivity contribution >= 4 is 59.9 Å². The van der Waals surface area contributed by atoms with Gasteiger partial charge in [-0.3, -0.25) is 14.9 Å². The van der Waals surface area contributed by atoms with E-state index in [2.05, 4.69) is 31.8 Å². The number of nitrogens with zero attached hydrogens (tertiary/aromatic N) is 5. The molecule has 0 radical (unpaired) electrons. The van der Waals surface area contributed by atoms with Gasteiger partial charge in [-0.2, -0.15) is 0 Å². The summed E-state index contributed by atoms with van der Waals surface area (Å²) in [6.45, 7) is 4.11. The molecule has 0 atom stereocenters. The Morgan fingerprint density at radius 1 is 0.970 bits per heavy atom. The fraction of sp³-hybridized carbons (Fsp3) is 0.391. The number of rotatable bonds is 4. The summed E-state index contributed by atoms with van der Waals surface area (Å²) in [7, 11) is 0. The Hall–Kier alpha value is -2.72. The minimum absolute atomic E-state index is 0.0158. The molecule has 0 unspecified atom stereocenters. The molecule has 0 bridgehead atoms. The standard InChI is InChI=1S/C23H24BrN5O3S/c24-17-5-6-18-21(15-17)33-23(25-18)28-12-10-27(11-13-28)22(30)16-4-7-19(20(14-16)29(31)32)26-8-2-1-3-9-26/h4-7,14-15H,1-3,8-13H2. The first-order chi connectivity index (χ1) is 16.0. The number of fused-ring (bicyclic) bond motifs is 1. The Labute approximate surface area is 204 Å². The van der Waals surface area contributed by atoms with Crippen LogP contribution in [0.4, 0.5) is 16.5 Å². The molecule has 2 aliphatic rings. The van der Waals surface area contributed by atoms with Crippen molar-refractivity contribution in [3.63, 3.8) is 0 Å². The Kier molecular flexibility index (Phi) is 6.20. The number of halogens is 1. The number of anilines is 2. The average molecular weight is 530 g/mol. The Balaban J connectivity index is 1.29. The minimum Gasteiger partial charge on any atom is -0.366 e. The SMILES string of the molecule is O=C(c1ccc(N2CCCCC2)c([N+](=O)[O-])c1)N1CCN(c2nc3ccc(Br)cc3s2)CC1. The number of thiazole rings is 1. The highest BCUT2D eigenvalue weighted by atomic mass is 79.9. The van der Waals surface area contributed by atoms with Crippen LogP contribution in [0.25, 0.3) is 10.2 Å². The van der Waals surface area contributed by atoms with E-state index in [4.69, 9.17) is 4.98 Å². The van der Waals surface area contributed by atoms with Crippen LogP contribution in [0.1, 0.15) is 29.6 Å². The van der Waals surface area contributed by atoms with Gasteiger partial charge in [-0.25, -0.2) is 4.98 Å². The summed E-state index contributed by atoms with van der Waals surface area (Å²) in [6, 6.07) is 11.0. The van der Waals surface area contributed by atoms with Gasteiger partial charge >= 0.3 is 0 Å². The van der Waals surface area contributed by atoms with Crippen molar-refractivity contribution in [2.45, 2.75) is 19.3 Å². The Morgan fingerprint density at radius 2 is 1.73 bits per heavy atom. The van der Waals surface area contributed by atoms with Crippen LogP contribution in [0, 0.1) is 10.1 Å². The van der Waals surface area contributed by atoms with Gasteiger partial charge < -0.3 is 14.7 Å². The van der Waals surface area contributed by atoms with E-state index in [1.165, 1.54) is 6.07 Å². The van der Waals surface area contributed by atoms with Gasteiger partial charge in [0, 0.05) is 55.4 Å². The van der Waals surface area contributed by atoms with Gasteiger partial charge in [0.1, 0.15) is 5.69 Å². The summed E-state index contributed by atoms with van der Waals surface area (Å²) in [5.41, 5.74) is 1.98. The molecule has 5 rings (SSSR count). The largest absolute Gasteiger partial charge is 0.366 e. The molecule has 0 spiro atoms. The fourth-order valence-corrected chi connectivity index (χ4v) is 6.08. The van der Waals surface area contributed by atoms with Crippen LogP contribution in [-0.2, 0) is 0 Å². The predicted octanol–water partition coefficient (Wildman–Crippen LogP) is 4.92. The van der Waals surface area contributed by atoms with Gasteiger partial charge in [-0.15, -0.1) is 0 Å². The summed E-state index contributed by atoms with van der Waals surface area (Å²) >= 11 is 5.15. The van der Waals surface area contributed by atoms with E-state index in [1.807, 2.05) is 12.1 Å². The second-order valence-corrected chi connectivity index (χ2v) is 10.3. The quantitative estimate of drug-likeness (QED) is 0.352. The molecule has 8 nitrogen and oxygen atoms in total. The highest BCUT2D eigenvalue weighted by Gasteiger charge is 2.27. The molecule has 2 aromatic carbocycles. The number of piperidine rings is 1. The van der Waals surface area contributed by atoms with E-state index < -0.39 is 0 Å². The Bertz CT molecular complexity index is 1200. The van der Waals surface area contributed by atoms with E-state index in [0.717, 1.165) is 52.2 Å². The molecule has 33 heavy (non-hydrogen) atoms. The van der Waals surface area contributed by atoms with Gasteiger partial charge in [-0.1, -0.05) is 27.3 Å². The molecular formula is C23H24BrN5O3S. The number of nitro benzene ring substituents is 1. The third kappa shape index (κ3) is 4.54. The molecule has 172 valence electrons. The van der Waals surface area contributed by atoms with Crippen LogP contribution >= 0.6 is 27.3 Å². The molecule has 0 N–H and O–H groups in total. The maximum absolute atomic E-state index is 13.1. The number of aromatic nitrogens is 1. The zero-order valence-electron chi connectivity index (χ0n) is 18.1. The lowest BCUT2D eigenvalue weighted by Gasteiger charge is -2.34. The smallest absolute Gasteiger partial charge is 0.293 e. The number of benzene rings is 2. The first-order valence-corrected chi connectivity index (χ1v) is 12.7. The van der Waals surface area contributed by atoms with Gasteiger partial charge in [0.2, 0.25) is 0 Å². The van der Waals surface area contributed by atoms with Crippen molar-refractivity contribution in [3.05, 3.63) is 56.5 Å². The normalized spacial score (nSPS) is 16.9. The van der Waals surface area contributed by atoms with Gasteiger partial charge in [0.05, 0.1) is 15.1 Å². The first kappa shape index (κ1) is 22.1. The van der Waals surface area contributed by atoms with E-state index in [1.54, 1.807) is 28.4 Å². The number of carbonyl (C=O) groups is 1. The van der Waals surface area contributed by atoms with Crippen LogP contribution in [0.5, 0.6) is 0 Å². The highest BCUT2D eigenvalue weighted by molar-refractivity contribution is 9.10. The van der Waals surface area contributed by atoms with Crippen LogP contribution in [0.2, 0.25) is 0 Å². The van der Waals surface area contributed by atoms with E-state index in [9.17, 15) is 14.9 Å². The Morgan fingerprint density at radius 3 is 2.45 bits per heavy atom. The van der Waals surface area contributed by atoms with Crippen molar-refractivity contribution in [2.75, 3.05) is 49.1 Å². The number of hydrogen-bond donors (Lipinski definition) is 0. The lowest BCUT2D eigenvalue weighted by Crippen LogP contribution is -2.48. The summed E-state index contributed by atoms with van der Waals surface area (Å²) in [4.78, 5) is 35.3. The molecule has 10 heteroatoms. The molecule has 3 aromatic rings. The van der Waals surface area contributed by atoms with Crippen molar-refractivity contribution in [1.82, 2.24) is 9.88 Å². The number of nitro groups is 1. The molecule has 0 aliphatic carbocycles. The molecule has 1 aromatic heterocycles. The summed E-state index contributed by atoms with van der Waals surface area (Å²) < 4.78 is 2.15. The van der Waals surface area contributed by atoms with Crippen LogP contribution in [0.3, 0.4) is 0 Å². The average Bonchev–Trinajstić information content (AvgIpc) is 3.27. The maximum Gasteiger partial charge on any atom is 0.293 e. The zero-order valence-corrected chi connectivity index (χ0v) is 20.5. The lowest BCUT2D eigenvalue weighted by molar-refractivity contribution is -0.384. The number of carbonyl (C=O) groups excluding carboxylic acids is 1. The molecule has 2 saturated heterocycles. The first-order valence-electron chi connectivity index (χ1n) is 11.1. The van der Waals surface area contributed by atoms with Crippen LogP contribution in [-0.4, -0.2) is 60.0 Å². The van der Waals surface area contributed by atoms with Gasteiger partial charge in [0.25, 0.3) is 11.6 Å². The number of piperazine rings is 1. The summed E-state index contributed by atoms with van der Waals surface area (Å²) in [5.74, 6) is -0.156. The van der Waals surface area contributed by atoms with Crippen LogP contribution < -0.4 is 9.80 Å². The predicted molar refractivity (Wildman–Crippen MR) is 135 cm³/mol. The number of hydrogen-bond acceptors (Lipinski definition) is 7. The molecule has 2 fully saturated rings. The van der Waals surface area contributed by atoms with E-state index in [0.29, 0.717) is 37.4 Å². The third-order valence-electron chi connectivity index (χ3n) is 6.29. The summed E-state index contributed by atoms with van der Waals surface area (Å²) in [5, 5.41) is 12.7. The zero-order chi connectivity index (χ0) is 22.9. The molecule has 1 amide bonds. The van der Waals surface area contributed by atoms with Crippen molar-refractivity contribution in [2.24, 2.45) is 0 Å². The van der Waals surface area contributed by atoms with Crippen molar-refractivity contribution < 1.29 is 9.72 Å². The minimum atomic E-state index is -0.371. The molecule has 3 heterocycles. The lowest BCUT2D eigenvalue weighted by atomic mass is 10.1. The number of amides is 1. The fourth-order valence-electron chi connectivity index (χ4n) is 4.51.